The normalized spacial score (nSPS) is 19.6. The molecular weight excluding hydrogens is 291 g/mol. The van der Waals surface area contributed by atoms with E-state index in [4.69, 9.17) is 9.31 Å². The molecule has 1 N–H and O–H groups in total. The second kappa shape index (κ2) is 4.69. The quantitative estimate of drug-likeness (QED) is 0.736. The maximum absolute atomic E-state index is 6.13. The van der Waals surface area contributed by atoms with Crippen LogP contribution in [0.5, 0.6) is 0 Å². The van der Waals surface area contributed by atoms with Crippen molar-refractivity contribution in [1.29, 1.82) is 0 Å². The summed E-state index contributed by atoms with van der Waals surface area (Å²) in [4.78, 5) is 0. The third-order valence-corrected chi connectivity index (χ3v) is 4.88. The Bertz CT molecular complexity index is 838. The highest BCUT2D eigenvalue weighted by molar-refractivity contribution is 6.64. The number of hydrogen-bond acceptors (Lipinski definition) is 4. The van der Waals surface area contributed by atoms with Crippen LogP contribution in [0, 0.1) is 0 Å². The highest BCUT2D eigenvalue weighted by Crippen LogP contribution is 2.36. The molecule has 1 aliphatic heterocycles. The van der Waals surface area contributed by atoms with E-state index in [-0.39, 0.29) is 11.2 Å². The fourth-order valence-corrected chi connectivity index (χ4v) is 2.74. The molecule has 4 heterocycles. The summed E-state index contributed by atoms with van der Waals surface area (Å²) in [6, 6.07) is 4.09. The lowest BCUT2D eigenvalue weighted by Crippen LogP contribution is -2.41. The molecule has 23 heavy (non-hydrogen) atoms. The van der Waals surface area contributed by atoms with Gasteiger partial charge in [-0.2, -0.15) is 10.2 Å². The van der Waals surface area contributed by atoms with Crippen molar-refractivity contribution >= 4 is 18.1 Å². The molecular formula is C16H19BN4O2. The number of nitrogens with zero attached hydrogens (tertiary/aromatic N) is 3. The lowest BCUT2D eigenvalue weighted by Gasteiger charge is -2.32. The minimum atomic E-state index is -0.405. The summed E-state index contributed by atoms with van der Waals surface area (Å²) in [5, 5.41) is 11.3. The molecule has 0 amide bonds. The Morgan fingerprint density at radius 1 is 1.04 bits per heavy atom. The fourth-order valence-electron chi connectivity index (χ4n) is 2.74. The number of aromatic amines is 1. The molecule has 1 saturated heterocycles. The van der Waals surface area contributed by atoms with Crippen LogP contribution in [0.15, 0.2) is 36.9 Å². The van der Waals surface area contributed by atoms with Crippen molar-refractivity contribution in [1.82, 2.24) is 19.8 Å². The zero-order valence-corrected chi connectivity index (χ0v) is 13.7. The van der Waals surface area contributed by atoms with Gasteiger partial charge in [-0.3, -0.25) is 5.10 Å². The van der Waals surface area contributed by atoms with Crippen LogP contribution in [0.1, 0.15) is 27.7 Å². The van der Waals surface area contributed by atoms with Crippen LogP contribution in [0.2, 0.25) is 0 Å². The van der Waals surface area contributed by atoms with Gasteiger partial charge < -0.3 is 9.31 Å². The van der Waals surface area contributed by atoms with Crippen molar-refractivity contribution in [3.63, 3.8) is 0 Å². The van der Waals surface area contributed by atoms with Crippen LogP contribution in [-0.2, 0) is 9.31 Å². The minimum Gasteiger partial charge on any atom is -0.399 e. The summed E-state index contributed by atoms with van der Waals surface area (Å²) in [5.74, 6) is 0. The first kappa shape index (κ1) is 14.5. The molecule has 0 atom stereocenters. The van der Waals surface area contributed by atoms with Crippen LogP contribution in [0.4, 0.5) is 0 Å². The molecule has 4 rings (SSSR count). The van der Waals surface area contributed by atoms with E-state index in [1.807, 2.05) is 29.2 Å². The van der Waals surface area contributed by atoms with Gasteiger partial charge >= 0.3 is 7.12 Å². The van der Waals surface area contributed by atoms with E-state index in [2.05, 4.69) is 49.1 Å². The van der Waals surface area contributed by atoms with Crippen LogP contribution >= 0.6 is 0 Å². The summed E-state index contributed by atoms with van der Waals surface area (Å²) in [7, 11) is -0.405. The van der Waals surface area contributed by atoms with Gasteiger partial charge in [0.05, 0.1) is 22.9 Å². The summed E-state index contributed by atoms with van der Waals surface area (Å²) in [5.41, 5.74) is 3.29. The van der Waals surface area contributed by atoms with Crippen molar-refractivity contribution < 1.29 is 9.31 Å². The van der Waals surface area contributed by atoms with Gasteiger partial charge in [-0.1, -0.05) is 6.07 Å². The molecule has 7 heteroatoms. The topological polar surface area (TPSA) is 64.4 Å². The van der Waals surface area contributed by atoms with Gasteiger partial charge in [0.1, 0.15) is 0 Å². The number of rotatable bonds is 2. The largest absolute Gasteiger partial charge is 0.498 e. The van der Waals surface area contributed by atoms with E-state index < -0.39 is 7.12 Å². The lowest BCUT2D eigenvalue weighted by molar-refractivity contribution is 0.00578. The minimum absolute atomic E-state index is 0.358. The molecule has 3 aromatic rings. The molecule has 0 aliphatic carbocycles. The number of pyridine rings is 1. The molecule has 6 nitrogen and oxygen atoms in total. The number of aromatic nitrogens is 4. The van der Waals surface area contributed by atoms with E-state index in [0.29, 0.717) is 0 Å². The third-order valence-electron chi connectivity index (χ3n) is 4.88. The monoisotopic (exact) mass is 310 g/mol. The highest BCUT2D eigenvalue weighted by Gasteiger charge is 2.52. The van der Waals surface area contributed by atoms with Gasteiger partial charge in [0.25, 0.3) is 0 Å². The van der Waals surface area contributed by atoms with Crippen molar-refractivity contribution in [2.24, 2.45) is 0 Å². The zero-order chi connectivity index (χ0) is 16.2. The average molecular weight is 310 g/mol. The number of nitrogens with one attached hydrogen (secondary N) is 1. The molecule has 3 aromatic heterocycles. The van der Waals surface area contributed by atoms with Gasteiger partial charge in [0.15, 0.2) is 0 Å². The SMILES string of the molecule is CC1(C)OB(c2cnn3cc(-c4cn[nH]c4)ccc23)OC1(C)C. The predicted octanol–water partition coefficient (Wildman–Crippen LogP) is 2.02. The Kier molecular flexibility index (Phi) is 2.95. The van der Waals surface area contributed by atoms with Crippen LogP contribution in [-0.4, -0.2) is 38.1 Å². The summed E-state index contributed by atoms with van der Waals surface area (Å²) < 4.78 is 14.1. The predicted molar refractivity (Wildman–Crippen MR) is 88.5 cm³/mol. The van der Waals surface area contributed by atoms with Crippen molar-refractivity contribution in [3.05, 3.63) is 36.9 Å². The molecule has 118 valence electrons. The van der Waals surface area contributed by atoms with E-state index in [9.17, 15) is 0 Å². The van der Waals surface area contributed by atoms with Gasteiger partial charge in [0.2, 0.25) is 0 Å². The molecule has 0 aromatic carbocycles. The number of hydrogen-bond donors (Lipinski definition) is 1. The van der Waals surface area contributed by atoms with Crippen LogP contribution < -0.4 is 5.46 Å². The van der Waals surface area contributed by atoms with Gasteiger partial charge in [-0.25, -0.2) is 4.52 Å². The van der Waals surface area contributed by atoms with Crippen LogP contribution in [0.3, 0.4) is 0 Å². The number of H-pyrrole nitrogens is 1. The Morgan fingerprint density at radius 3 is 2.43 bits per heavy atom. The number of fused-ring (bicyclic) bond motifs is 1. The van der Waals surface area contributed by atoms with Gasteiger partial charge in [-0.05, 0) is 33.8 Å². The molecule has 0 unspecified atom stereocenters. The molecule has 0 saturated carbocycles. The Balaban J connectivity index is 1.73. The maximum atomic E-state index is 6.13. The summed E-state index contributed by atoms with van der Waals surface area (Å²) in [6.07, 6.45) is 7.45. The van der Waals surface area contributed by atoms with Crippen molar-refractivity contribution in [2.75, 3.05) is 0 Å². The maximum Gasteiger partial charge on any atom is 0.498 e. The van der Waals surface area contributed by atoms with E-state index in [1.54, 1.807) is 6.20 Å². The molecule has 0 radical (unpaired) electrons. The molecule has 1 aliphatic rings. The van der Waals surface area contributed by atoms with Crippen LogP contribution in [0.25, 0.3) is 16.6 Å². The van der Waals surface area contributed by atoms with E-state index in [0.717, 1.165) is 22.1 Å². The van der Waals surface area contributed by atoms with E-state index >= 15 is 0 Å². The Morgan fingerprint density at radius 2 is 1.78 bits per heavy atom. The summed E-state index contributed by atoms with van der Waals surface area (Å²) in [6.45, 7) is 8.21. The zero-order valence-electron chi connectivity index (χ0n) is 13.7. The molecule has 0 bridgehead atoms. The first-order valence-electron chi connectivity index (χ1n) is 7.69. The van der Waals surface area contributed by atoms with E-state index in [1.165, 1.54) is 0 Å². The molecule has 1 fully saturated rings. The third kappa shape index (κ3) is 2.19. The smallest absolute Gasteiger partial charge is 0.399 e. The Hall–Kier alpha value is -2.12. The average Bonchev–Trinajstić information content (AvgIpc) is 3.18. The second-order valence-electron chi connectivity index (χ2n) is 6.92. The molecule has 0 spiro atoms. The lowest BCUT2D eigenvalue weighted by atomic mass is 9.80. The highest BCUT2D eigenvalue weighted by atomic mass is 16.7. The standard InChI is InChI=1S/C16H19BN4O2/c1-15(2)16(3,4)23-17(22-15)13-9-20-21-10-11(5-6-14(13)21)12-7-18-19-8-12/h5-10H,1-4H3,(H,18,19). The Labute approximate surface area is 134 Å². The summed E-state index contributed by atoms with van der Waals surface area (Å²) >= 11 is 0. The first-order valence-corrected chi connectivity index (χ1v) is 7.69. The second-order valence-corrected chi connectivity index (χ2v) is 6.92. The van der Waals surface area contributed by atoms with Gasteiger partial charge in [0, 0.05) is 35.2 Å². The van der Waals surface area contributed by atoms with Crippen molar-refractivity contribution in [3.8, 4) is 11.1 Å². The van der Waals surface area contributed by atoms with Crippen molar-refractivity contribution in [2.45, 2.75) is 38.9 Å². The fraction of sp³-hybridized carbons (Fsp3) is 0.375. The first-order chi connectivity index (χ1) is 10.9. The van der Waals surface area contributed by atoms with Gasteiger partial charge in [-0.15, -0.1) is 0 Å².